The molecule has 10 nitrogen and oxygen atoms in total. The van der Waals surface area contributed by atoms with E-state index in [-0.39, 0.29) is 23.5 Å². The summed E-state index contributed by atoms with van der Waals surface area (Å²) in [6.07, 6.45) is 5.60. The number of nitrogens with two attached hydrogens (primary N) is 1. The van der Waals surface area contributed by atoms with Gasteiger partial charge >= 0.3 is 0 Å². The van der Waals surface area contributed by atoms with Gasteiger partial charge in [-0.1, -0.05) is 48.9 Å². The molecule has 2 atom stereocenters. The van der Waals surface area contributed by atoms with Gasteiger partial charge in [0.05, 0.1) is 45.5 Å². The standard InChI is InChI=1S/C30H36N8O2S/c1-4-21(10-11-31)30(22-8-6-5-7-9-22)38-25-17-27(37-12-14-41(39,40)15-13-37)32-19-24(25)28-26(38)16-23(18-33-28)29-20(2)34-35-36(29)3/h5-9,16-19,21,30H,4,10-15,31H2,1-3H3/t21?,30-/m0/s1. The zero-order valence-corrected chi connectivity index (χ0v) is 24.5. The Morgan fingerprint density at radius 3 is 2.44 bits per heavy atom. The topological polar surface area (TPSA) is 125 Å². The van der Waals surface area contributed by atoms with Gasteiger partial charge in [0.15, 0.2) is 9.84 Å². The predicted molar refractivity (Wildman–Crippen MR) is 163 cm³/mol. The smallest absolute Gasteiger partial charge is 0.153 e. The molecule has 1 unspecified atom stereocenters. The van der Waals surface area contributed by atoms with Gasteiger partial charge < -0.3 is 15.2 Å². The summed E-state index contributed by atoms with van der Waals surface area (Å²) in [7, 11) is -1.11. The first-order chi connectivity index (χ1) is 19.8. The van der Waals surface area contributed by atoms with E-state index in [4.69, 9.17) is 15.7 Å². The molecule has 0 bridgehead atoms. The van der Waals surface area contributed by atoms with E-state index in [1.54, 1.807) is 4.68 Å². The van der Waals surface area contributed by atoms with Crippen molar-refractivity contribution in [1.29, 1.82) is 0 Å². The number of aryl methyl sites for hydroxylation is 2. The van der Waals surface area contributed by atoms with Crippen molar-refractivity contribution in [3.05, 3.63) is 66.1 Å². The van der Waals surface area contributed by atoms with Crippen LogP contribution in [-0.2, 0) is 16.9 Å². The maximum absolute atomic E-state index is 12.1. The first kappa shape index (κ1) is 27.3. The molecule has 214 valence electrons. The average Bonchev–Trinajstić information content (AvgIpc) is 3.48. The van der Waals surface area contributed by atoms with Crippen LogP contribution in [0.15, 0.2) is 54.9 Å². The first-order valence-corrected chi connectivity index (χ1v) is 16.0. The molecule has 1 fully saturated rings. The van der Waals surface area contributed by atoms with E-state index in [0.717, 1.165) is 57.5 Å². The second-order valence-corrected chi connectivity index (χ2v) is 13.2. The Hall–Kier alpha value is -3.83. The van der Waals surface area contributed by atoms with Gasteiger partial charge in [-0.3, -0.25) is 4.98 Å². The van der Waals surface area contributed by atoms with Crippen LogP contribution in [0.2, 0.25) is 0 Å². The molecule has 4 aromatic heterocycles. The Morgan fingerprint density at radius 1 is 1.02 bits per heavy atom. The summed E-state index contributed by atoms with van der Waals surface area (Å²) in [5, 5.41) is 9.45. The molecule has 1 aliphatic heterocycles. The van der Waals surface area contributed by atoms with Crippen molar-refractivity contribution < 1.29 is 8.42 Å². The third kappa shape index (κ3) is 4.97. The van der Waals surface area contributed by atoms with Gasteiger partial charge in [0.25, 0.3) is 0 Å². The molecule has 0 radical (unpaired) electrons. The molecule has 41 heavy (non-hydrogen) atoms. The van der Waals surface area contributed by atoms with Crippen molar-refractivity contribution in [1.82, 2.24) is 29.5 Å². The van der Waals surface area contributed by atoms with Crippen molar-refractivity contribution in [3.63, 3.8) is 0 Å². The molecule has 5 heterocycles. The van der Waals surface area contributed by atoms with Gasteiger partial charge in [0.2, 0.25) is 0 Å². The van der Waals surface area contributed by atoms with Crippen LogP contribution in [0.25, 0.3) is 33.2 Å². The van der Waals surface area contributed by atoms with Crippen LogP contribution in [0.1, 0.15) is 37.1 Å². The zero-order valence-electron chi connectivity index (χ0n) is 23.7. The zero-order chi connectivity index (χ0) is 28.7. The number of anilines is 1. The highest BCUT2D eigenvalue weighted by molar-refractivity contribution is 7.91. The van der Waals surface area contributed by atoms with Crippen LogP contribution < -0.4 is 10.6 Å². The molecular weight excluding hydrogens is 536 g/mol. The van der Waals surface area contributed by atoms with Gasteiger partial charge in [-0.05, 0) is 37.4 Å². The highest BCUT2D eigenvalue weighted by atomic mass is 32.2. The lowest BCUT2D eigenvalue weighted by Crippen LogP contribution is -2.40. The Bertz CT molecular complexity index is 1780. The van der Waals surface area contributed by atoms with Gasteiger partial charge in [-0.25, -0.2) is 18.1 Å². The Kier molecular flexibility index (Phi) is 7.25. The summed E-state index contributed by atoms with van der Waals surface area (Å²) in [5.41, 5.74) is 13.0. The van der Waals surface area contributed by atoms with E-state index in [1.807, 2.05) is 32.4 Å². The number of hydrogen-bond acceptors (Lipinski definition) is 8. The van der Waals surface area contributed by atoms with Crippen molar-refractivity contribution >= 4 is 37.6 Å². The molecule has 1 saturated heterocycles. The van der Waals surface area contributed by atoms with Gasteiger partial charge in [0.1, 0.15) is 5.82 Å². The quantitative estimate of drug-likeness (QED) is 0.297. The molecule has 1 aliphatic rings. The van der Waals surface area contributed by atoms with E-state index in [1.165, 1.54) is 5.56 Å². The second-order valence-electron chi connectivity index (χ2n) is 10.9. The molecule has 0 saturated carbocycles. The van der Waals surface area contributed by atoms with E-state index in [9.17, 15) is 8.42 Å². The van der Waals surface area contributed by atoms with E-state index in [0.29, 0.717) is 19.6 Å². The number of pyridine rings is 2. The lowest BCUT2D eigenvalue weighted by Gasteiger charge is -2.31. The molecule has 1 aromatic carbocycles. The monoisotopic (exact) mass is 572 g/mol. The van der Waals surface area contributed by atoms with Crippen molar-refractivity contribution in [2.45, 2.75) is 32.7 Å². The predicted octanol–water partition coefficient (Wildman–Crippen LogP) is 3.89. The number of benzene rings is 1. The van der Waals surface area contributed by atoms with Crippen LogP contribution in [0, 0.1) is 12.8 Å². The minimum Gasteiger partial charge on any atom is -0.355 e. The van der Waals surface area contributed by atoms with Crippen molar-refractivity contribution in [3.8, 4) is 11.3 Å². The third-order valence-electron chi connectivity index (χ3n) is 8.37. The van der Waals surface area contributed by atoms with Gasteiger partial charge in [-0.15, -0.1) is 5.10 Å². The van der Waals surface area contributed by atoms with Crippen LogP contribution >= 0.6 is 0 Å². The summed E-state index contributed by atoms with van der Waals surface area (Å²) >= 11 is 0. The largest absolute Gasteiger partial charge is 0.355 e. The molecule has 5 aromatic rings. The van der Waals surface area contributed by atoms with E-state index < -0.39 is 9.84 Å². The lowest BCUT2D eigenvalue weighted by molar-refractivity contribution is 0.360. The van der Waals surface area contributed by atoms with E-state index in [2.05, 4.69) is 63.1 Å². The summed E-state index contributed by atoms with van der Waals surface area (Å²) in [6.45, 7) is 5.64. The number of sulfone groups is 1. The Morgan fingerprint density at radius 2 is 1.78 bits per heavy atom. The molecular formula is C30H36N8O2S. The van der Waals surface area contributed by atoms with E-state index >= 15 is 0 Å². The number of hydrogen-bond donors (Lipinski definition) is 1. The highest BCUT2D eigenvalue weighted by Gasteiger charge is 2.29. The molecule has 0 spiro atoms. The van der Waals surface area contributed by atoms with Crippen LogP contribution in [0.5, 0.6) is 0 Å². The van der Waals surface area contributed by atoms with Crippen LogP contribution in [0.4, 0.5) is 5.82 Å². The normalized spacial score (nSPS) is 16.8. The molecule has 6 rings (SSSR count). The van der Waals surface area contributed by atoms with Crippen molar-refractivity contribution in [2.24, 2.45) is 18.7 Å². The SMILES string of the molecule is CCC(CCN)[C@@H](c1ccccc1)n1c2cc(N3CCS(=O)(=O)CC3)ncc2c2ncc(-c3c(C)nnn3C)cc21. The number of nitrogens with zero attached hydrogens (tertiary/aromatic N) is 7. The Balaban J connectivity index is 1.63. The van der Waals surface area contributed by atoms with Crippen LogP contribution in [-0.4, -0.2) is 69.1 Å². The Labute approximate surface area is 240 Å². The minimum atomic E-state index is -3.01. The fraction of sp³-hybridized carbons (Fsp3) is 0.400. The first-order valence-electron chi connectivity index (χ1n) is 14.2. The van der Waals surface area contributed by atoms with Gasteiger partial charge in [-0.2, -0.15) is 0 Å². The number of fused-ring (bicyclic) bond motifs is 3. The summed E-state index contributed by atoms with van der Waals surface area (Å²) < 4.78 is 28.4. The second kappa shape index (κ2) is 10.9. The molecule has 2 N–H and O–H groups in total. The maximum Gasteiger partial charge on any atom is 0.153 e. The minimum absolute atomic E-state index is 0.00421. The summed E-state index contributed by atoms with van der Waals surface area (Å²) in [4.78, 5) is 11.9. The molecule has 0 amide bonds. The van der Waals surface area contributed by atoms with Gasteiger partial charge in [0, 0.05) is 49.5 Å². The fourth-order valence-corrected chi connectivity index (χ4v) is 7.47. The van der Waals surface area contributed by atoms with Crippen LogP contribution in [0.3, 0.4) is 0 Å². The maximum atomic E-state index is 12.1. The number of rotatable bonds is 8. The number of aromatic nitrogens is 6. The highest BCUT2D eigenvalue weighted by Crippen LogP contribution is 2.41. The molecule has 11 heteroatoms. The summed E-state index contributed by atoms with van der Waals surface area (Å²) in [6, 6.07) is 14.9. The third-order valence-corrected chi connectivity index (χ3v) is 9.98. The fourth-order valence-electron chi connectivity index (χ4n) is 6.27. The lowest BCUT2D eigenvalue weighted by atomic mass is 9.87. The summed E-state index contributed by atoms with van der Waals surface area (Å²) in [5.74, 6) is 1.34. The van der Waals surface area contributed by atoms with Crippen molar-refractivity contribution in [2.75, 3.05) is 36.0 Å². The average molecular weight is 573 g/mol. The molecule has 0 aliphatic carbocycles.